The molecule has 0 spiro atoms. The maximum Gasteiger partial charge on any atom is 0.256 e. The van der Waals surface area contributed by atoms with Gasteiger partial charge in [0.25, 0.3) is 5.91 Å². The maximum absolute atomic E-state index is 12.8. The molecule has 1 aromatic rings. The molecule has 22 heavy (non-hydrogen) atoms. The van der Waals surface area contributed by atoms with Crippen LogP contribution in [-0.4, -0.2) is 47.9 Å². The number of aromatic nitrogens is 1. The van der Waals surface area contributed by atoms with Crippen LogP contribution < -0.4 is 0 Å². The van der Waals surface area contributed by atoms with Crippen molar-refractivity contribution in [3.05, 3.63) is 22.5 Å². The summed E-state index contributed by atoms with van der Waals surface area (Å²) in [5, 5.41) is 0. The molecule has 0 unspecified atom stereocenters. The molecule has 0 aromatic carbocycles. The average Bonchev–Trinajstić information content (AvgIpc) is 2.85. The predicted molar refractivity (Wildman–Crippen MR) is 83.3 cm³/mol. The summed E-state index contributed by atoms with van der Waals surface area (Å²) in [6.07, 6.45) is 5.64. The molecule has 0 saturated carbocycles. The number of nitrogens with zero attached hydrogens (tertiary/aromatic N) is 1. The van der Waals surface area contributed by atoms with E-state index in [1.165, 1.54) is 0 Å². The van der Waals surface area contributed by atoms with E-state index >= 15 is 0 Å². The molecule has 2 heterocycles. The first-order valence-corrected chi connectivity index (χ1v) is 8.19. The van der Waals surface area contributed by atoms with Crippen LogP contribution >= 0.6 is 0 Å². The minimum absolute atomic E-state index is 0.0700. The molecule has 2 aliphatic rings. The monoisotopic (exact) mass is 304 g/mol. The van der Waals surface area contributed by atoms with Crippen molar-refractivity contribution < 1.29 is 14.3 Å². The van der Waals surface area contributed by atoms with Gasteiger partial charge in [0.1, 0.15) is 0 Å². The third-order valence-electron chi connectivity index (χ3n) is 4.69. The van der Waals surface area contributed by atoms with Gasteiger partial charge in [-0.15, -0.1) is 0 Å². The van der Waals surface area contributed by atoms with Gasteiger partial charge >= 0.3 is 0 Å². The van der Waals surface area contributed by atoms with Crippen LogP contribution in [0.15, 0.2) is 0 Å². The summed E-state index contributed by atoms with van der Waals surface area (Å²) in [6.45, 7) is 3.25. The highest BCUT2D eigenvalue weighted by Gasteiger charge is 2.30. The number of ketones is 1. The van der Waals surface area contributed by atoms with E-state index < -0.39 is 0 Å². The summed E-state index contributed by atoms with van der Waals surface area (Å²) in [4.78, 5) is 30.0. The zero-order valence-corrected chi connectivity index (χ0v) is 13.4. The smallest absolute Gasteiger partial charge is 0.256 e. The summed E-state index contributed by atoms with van der Waals surface area (Å²) in [5.41, 5.74) is 2.93. The van der Waals surface area contributed by atoms with Crippen LogP contribution in [-0.2, 0) is 11.2 Å². The SMILES string of the molecule is Cc1[nH]c2c(c1C(=O)N(C)C[C@@H]1CCCCO1)C(=O)CCC2. The van der Waals surface area contributed by atoms with Gasteiger partial charge in [-0.05, 0) is 39.0 Å². The van der Waals surface area contributed by atoms with Crippen LogP contribution in [0, 0.1) is 6.92 Å². The summed E-state index contributed by atoms with van der Waals surface area (Å²) in [6, 6.07) is 0. The highest BCUT2D eigenvalue weighted by Crippen LogP contribution is 2.28. The molecule has 1 aliphatic carbocycles. The number of Topliss-reactive ketones (excluding diaryl/α,β-unsaturated/α-hetero) is 1. The Morgan fingerprint density at radius 2 is 2.14 bits per heavy atom. The molecule has 1 atom stereocenters. The van der Waals surface area contributed by atoms with Gasteiger partial charge in [0.15, 0.2) is 5.78 Å². The molecule has 1 saturated heterocycles. The quantitative estimate of drug-likeness (QED) is 0.933. The van der Waals surface area contributed by atoms with Crippen molar-refractivity contribution in [3.8, 4) is 0 Å². The highest BCUT2D eigenvalue weighted by atomic mass is 16.5. The van der Waals surface area contributed by atoms with Crippen LogP contribution in [0.4, 0.5) is 0 Å². The lowest BCUT2D eigenvalue weighted by atomic mass is 9.92. The van der Waals surface area contributed by atoms with Crippen LogP contribution in [0.3, 0.4) is 0 Å². The van der Waals surface area contributed by atoms with Crippen molar-refractivity contribution in [2.75, 3.05) is 20.2 Å². The van der Waals surface area contributed by atoms with Crippen molar-refractivity contribution >= 4 is 11.7 Å². The molecule has 5 heteroatoms. The predicted octanol–water partition coefficient (Wildman–Crippen LogP) is 2.48. The number of aryl methyl sites for hydroxylation is 2. The van der Waals surface area contributed by atoms with Gasteiger partial charge < -0.3 is 14.6 Å². The van der Waals surface area contributed by atoms with Gasteiger partial charge in [-0.25, -0.2) is 0 Å². The van der Waals surface area contributed by atoms with E-state index in [0.717, 1.165) is 50.1 Å². The van der Waals surface area contributed by atoms with Gasteiger partial charge in [-0.1, -0.05) is 0 Å². The number of likely N-dealkylation sites (N-methyl/N-ethyl adjacent to an activating group) is 1. The molecule has 3 rings (SSSR count). The summed E-state index contributed by atoms with van der Waals surface area (Å²) >= 11 is 0. The molecular formula is C17H24N2O3. The first kappa shape index (κ1) is 15.3. The van der Waals surface area contributed by atoms with Gasteiger partial charge in [0.05, 0.1) is 17.2 Å². The van der Waals surface area contributed by atoms with Crippen molar-refractivity contribution in [1.82, 2.24) is 9.88 Å². The maximum atomic E-state index is 12.8. The third kappa shape index (κ3) is 2.82. The zero-order valence-electron chi connectivity index (χ0n) is 13.4. The lowest BCUT2D eigenvalue weighted by Crippen LogP contribution is -2.37. The average molecular weight is 304 g/mol. The third-order valence-corrected chi connectivity index (χ3v) is 4.69. The Morgan fingerprint density at radius 1 is 1.32 bits per heavy atom. The molecule has 1 N–H and O–H groups in total. The molecule has 1 aliphatic heterocycles. The van der Waals surface area contributed by atoms with Gasteiger partial charge in [-0.3, -0.25) is 9.59 Å². The van der Waals surface area contributed by atoms with E-state index in [0.29, 0.717) is 24.1 Å². The Morgan fingerprint density at radius 3 is 2.86 bits per heavy atom. The number of carbonyl (C=O) groups excluding carboxylic acids is 2. The van der Waals surface area contributed by atoms with Gasteiger partial charge in [0.2, 0.25) is 0 Å². The number of hydrogen-bond donors (Lipinski definition) is 1. The number of hydrogen-bond acceptors (Lipinski definition) is 3. The van der Waals surface area contributed by atoms with E-state index in [1.54, 1.807) is 11.9 Å². The largest absolute Gasteiger partial charge is 0.376 e. The van der Waals surface area contributed by atoms with Crippen molar-refractivity contribution in [3.63, 3.8) is 0 Å². The first-order valence-electron chi connectivity index (χ1n) is 8.19. The van der Waals surface area contributed by atoms with E-state index in [2.05, 4.69) is 4.98 Å². The Labute approximate surface area is 131 Å². The van der Waals surface area contributed by atoms with Crippen molar-refractivity contribution in [1.29, 1.82) is 0 Å². The number of carbonyl (C=O) groups is 2. The lowest BCUT2D eigenvalue weighted by molar-refractivity contribution is -0.000215. The van der Waals surface area contributed by atoms with E-state index in [1.807, 2.05) is 6.92 Å². The van der Waals surface area contributed by atoms with E-state index in [4.69, 9.17) is 4.74 Å². The Hall–Kier alpha value is -1.62. The molecular weight excluding hydrogens is 280 g/mol. The van der Waals surface area contributed by atoms with Crippen LogP contribution in [0.1, 0.15) is 64.2 Å². The van der Waals surface area contributed by atoms with Crippen LogP contribution in [0.5, 0.6) is 0 Å². The minimum atomic E-state index is -0.0700. The standard InChI is InChI=1S/C17H24N2O3/c1-11-15(16-13(18-11)7-5-8-14(16)20)17(21)19(2)10-12-6-3-4-9-22-12/h12,18H,3-10H2,1-2H3/t12-/m0/s1. The van der Waals surface area contributed by atoms with Gasteiger partial charge in [0, 0.05) is 38.0 Å². The number of amides is 1. The molecule has 0 bridgehead atoms. The summed E-state index contributed by atoms with van der Waals surface area (Å²) in [5.74, 6) is 0.0238. The Kier molecular flexibility index (Phi) is 4.34. The van der Waals surface area contributed by atoms with Gasteiger partial charge in [-0.2, -0.15) is 0 Å². The number of fused-ring (bicyclic) bond motifs is 1. The number of nitrogens with one attached hydrogen (secondary N) is 1. The first-order chi connectivity index (χ1) is 10.6. The topological polar surface area (TPSA) is 62.4 Å². The second-order valence-corrected chi connectivity index (χ2v) is 6.43. The fraction of sp³-hybridized carbons (Fsp3) is 0.647. The number of rotatable bonds is 3. The fourth-order valence-corrected chi connectivity index (χ4v) is 3.53. The number of aromatic amines is 1. The molecule has 1 fully saturated rings. The fourth-order valence-electron chi connectivity index (χ4n) is 3.53. The molecule has 5 nitrogen and oxygen atoms in total. The number of ether oxygens (including phenoxy) is 1. The van der Waals surface area contributed by atoms with Crippen LogP contribution in [0.2, 0.25) is 0 Å². The molecule has 1 amide bonds. The minimum Gasteiger partial charge on any atom is -0.376 e. The van der Waals surface area contributed by atoms with E-state index in [9.17, 15) is 9.59 Å². The second-order valence-electron chi connectivity index (χ2n) is 6.43. The molecule has 1 aromatic heterocycles. The van der Waals surface area contributed by atoms with Crippen molar-refractivity contribution in [2.45, 2.75) is 51.6 Å². The Balaban J connectivity index is 1.79. The Bertz CT molecular complexity index is 585. The molecule has 120 valence electrons. The van der Waals surface area contributed by atoms with Crippen LogP contribution in [0.25, 0.3) is 0 Å². The normalized spacial score (nSPS) is 21.5. The zero-order chi connectivity index (χ0) is 15.7. The highest BCUT2D eigenvalue weighted by molar-refractivity contribution is 6.10. The number of H-pyrrole nitrogens is 1. The summed E-state index contributed by atoms with van der Waals surface area (Å²) in [7, 11) is 1.80. The molecule has 0 radical (unpaired) electrons. The van der Waals surface area contributed by atoms with E-state index in [-0.39, 0.29) is 17.8 Å². The second kappa shape index (κ2) is 6.24. The van der Waals surface area contributed by atoms with Crippen molar-refractivity contribution in [2.24, 2.45) is 0 Å². The summed E-state index contributed by atoms with van der Waals surface area (Å²) < 4.78 is 5.71. The lowest BCUT2D eigenvalue weighted by Gasteiger charge is -2.27.